The first-order valence-electron chi connectivity index (χ1n) is 6.86. The number of carbonyl (C=O) groups is 1. The van der Waals surface area contributed by atoms with Crippen molar-refractivity contribution in [3.8, 4) is 0 Å². The molecule has 0 fully saturated rings. The van der Waals surface area contributed by atoms with E-state index < -0.39 is 5.91 Å². The van der Waals surface area contributed by atoms with Crippen molar-refractivity contribution in [3.05, 3.63) is 51.5 Å². The third-order valence-corrected chi connectivity index (χ3v) is 5.31. The topological polar surface area (TPSA) is 90.9 Å². The average molecular weight is 346 g/mol. The van der Waals surface area contributed by atoms with Crippen LogP contribution in [0.2, 0.25) is 0 Å². The summed E-state index contributed by atoms with van der Waals surface area (Å²) in [5, 5.41) is 2.44. The van der Waals surface area contributed by atoms with Crippen molar-refractivity contribution in [1.82, 2.24) is 14.5 Å². The number of nitrogens with zero attached hydrogens (tertiary/aromatic N) is 3. The highest BCUT2D eigenvalue weighted by Gasteiger charge is 2.13. The molecule has 23 heavy (non-hydrogen) atoms. The molecule has 2 heterocycles. The quantitative estimate of drug-likeness (QED) is 0.713. The Morgan fingerprint density at radius 3 is 2.83 bits per heavy atom. The van der Waals surface area contributed by atoms with Gasteiger partial charge in [-0.2, -0.15) is 0 Å². The van der Waals surface area contributed by atoms with Gasteiger partial charge in [-0.05, 0) is 19.1 Å². The highest BCUT2D eigenvalue weighted by molar-refractivity contribution is 8.00. The van der Waals surface area contributed by atoms with E-state index in [1.165, 1.54) is 16.3 Å². The van der Waals surface area contributed by atoms with Crippen molar-refractivity contribution < 1.29 is 4.79 Å². The Bertz CT molecular complexity index is 933. The van der Waals surface area contributed by atoms with E-state index in [2.05, 4.69) is 9.97 Å². The number of hydrogen-bond acceptors (Lipinski definition) is 6. The second-order valence-corrected chi connectivity index (χ2v) is 7.03. The van der Waals surface area contributed by atoms with Gasteiger partial charge in [0.1, 0.15) is 12.4 Å². The largest absolute Gasteiger partial charge is 0.368 e. The van der Waals surface area contributed by atoms with Crippen LogP contribution in [0.3, 0.4) is 0 Å². The van der Waals surface area contributed by atoms with Crippen molar-refractivity contribution >= 4 is 39.9 Å². The fourth-order valence-electron chi connectivity index (χ4n) is 2.17. The first-order valence-corrected chi connectivity index (χ1v) is 8.73. The lowest BCUT2D eigenvalue weighted by Gasteiger charge is -2.11. The van der Waals surface area contributed by atoms with E-state index in [9.17, 15) is 9.59 Å². The van der Waals surface area contributed by atoms with Gasteiger partial charge < -0.3 is 5.73 Å². The van der Waals surface area contributed by atoms with Crippen molar-refractivity contribution in [1.29, 1.82) is 0 Å². The number of aromatic nitrogens is 3. The zero-order chi connectivity index (χ0) is 16.4. The molecule has 0 aliphatic rings. The molecule has 0 unspecified atom stereocenters. The van der Waals surface area contributed by atoms with Crippen LogP contribution in [0.4, 0.5) is 0 Å². The predicted octanol–water partition coefficient (Wildman–Crippen LogP) is 1.94. The molecule has 0 radical (unpaired) electrons. The van der Waals surface area contributed by atoms with Crippen molar-refractivity contribution in [2.75, 3.05) is 0 Å². The van der Waals surface area contributed by atoms with Gasteiger partial charge in [-0.15, -0.1) is 11.3 Å². The van der Waals surface area contributed by atoms with Gasteiger partial charge in [-0.3, -0.25) is 14.2 Å². The van der Waals surface area contributed by atoms with Crippen molar-refractivity contribution in [3.63, 3.8) is 0 Å². The van der Waals surface area contributed by atoms with Crippen LogP contribution >= 0.6 is 23.1 Å². The van der Waals surface area contributed by atoms with Crippen LogP contribution in [-0.4, -0.2) is 20.4 Å². The zero-order valence-corrected chi connectivity index (χ0v) is 14.0. The van der Waals surface area contributed by atoms with Gasteiger partial charge in [-0.25, -0.2) is 9.97 Å². The summed E-state index contributed by atoms with van der Waals surface area (Å²) in [7, 11) is 0. The fraction of sp³-hybridized carbons (Fsp3) is 0.200. The van der Waals surface area contributed by atoms with Crippen LogP contribution in [0.15, 0.2) is 38.8 Å². The highest BCUT2D eigenvalue weighted by Crippen LogP contribution is 2.25. The Balaban J connectivity index is 2.02. The molecule has 3 rings (SSSR count). The number of benzene rings is 1. The summed E-state index contributed by atoms with van der Waals surface area (Å²) in [6.07, 6.45) is 0. The molecule has 118 valence electrons. The number of aryl methyl sites for hydroxylation is 1. The molecular weight excluding hydrogens is 332 g/mol. The Labute approximate surface area is 140 Å². The van der Waals surface area contributed by atoms with Gasteiger partial charge in [0.15, 0.2) is 4.34 Å². The average Bonchev–Trinajstić information content (AvgIpc) is 2.94. The number of carbonyl (C=O) groups excluding carboxylic acids is 1. The third-order valence-electron chi connectivity index (χ3n) is 3.18. The van der Waals surface area contributed by atoms with Gasteiger partial charge in [-0.1, -0.05) is 23.9 Å². The predicted molar refractivity (Wildman–Crippen MR) is 91.6 cm³/mol. The van der Waals surface area contributed by atoms with Gasteiger partial charge in [0.2, 0.25) is 5.91 Å². The van der Waals surface area contributed by atoms with E-state index in [0.717, 1.165) is 10.0 Å². The number of rotatable bonds is 5. The number of hydrogen-bond donors (Lipinski definition) is 1. The molecule has 0 saturated heterocycles. The summed E-state index contributed by atoms with van der Waals surface area (Å²) >= 11 is 3.03. The van der Waals surface area contributed by atoms with Gasteiger partial charge in [0.25, 0.3) is 5.56 Å². The number of fused-ring (bicyclic) bond motifs is 1. The number of para-hydroxylation sites is 1. The molecule has 2 aromatic heterocycles. The normalized spacial score (nSPS) is 11.0. The Morgan fingerprint density at radius 2 is 2.13 bits per heavy atom. The maximum atomic E-state index is 12.6. The molecule has 3 aromatic rings. The number of thiazole rings is 1. The minimum atomic E-state index is -0.569. The molecule has 0 saturated carbocycles. The summed E-state index contributed by atoms with van der Waals surface area (Å²) in [5.41, 5.74) is 6.60. The van der Waals surface area contributed by atoms with E-state index in [4.69, 9.17) is 5.73 Å². The lowest BCUT2D eigenvalue weighted by molar-refractivity contribution is -0.118. The van der Waals surface area contributed by atoms with Crippen LogP contribution < -0.4 is 11.3 Å². The van der Waals surface area contributed by atoms with Crippen LogP contribution in [0.1, 0.15) is 11.5 Å². The van der Waals surface area contributed by atoms with E-state index in [0.29, 0.717) is 22.5 Å². The molecule has 0 aliphatic heterocycles. The summed E-state index contributed by atoms with van der Waals surface area (Å²) < 4.78 is 2.24. The second-order valence-electron chi connectivity index (χ2n) is 4.95. The monoisotopic (exact) mass is 346 g/mol. The molecule has 8 heteroatoms. The maximum absolute atomic E-state index is 12.6. The SMILES string of the molecule is Cc1csc(SCc2nc3ccccc3c(=O)n2CC(N)=O)n1. The molecule has 0 bridgehead atoms. The fourth-order valence-corrected chi connectivity index (χ4v) is 3.96. The number of amides is 1. The molecule has 1 aromatic carbocycles. The van der Waals surface area contributed by atoms with Crippen molar-refractivity contribution in [2.24, 2.45) is 5.73 Å². The Morgan fingerprint density at radius 1 is 1.35 bits per heavy atom. The molecule has 6 nitrogen and oxygen atoms in total. The number of nitrogens with two attached hydrogens (primary N) is 1. The second kappa shape index (κ2) is 6.51. The molecule has 0 atom stereocenters. The van der Waals surface area contributed by atoms with E-state index in [-0.39, 0.29) is 12.1 Å². The van der Waals surface area contributed by atoms with Crippen LogP contribution in [0.5, 0.6) is 0 Å². The highest BCUT2D eigenvalue weighted by atomic mass is 32.2. The van der Waals surface area contributed by atoms with E-state index in [1.54, 1.807) is 29.5 Å². The lowest BCUT2D eigenvalue weighted by Crippen LogP contribution is -2.31. The minimum absolute atomic E-state index is 0.177. The van der Waals surface area contributed by atoms with Gasteiger partial charge in [0, 0.05) is 11.1 Å². The Hall–Kier alpha value is -2.19. The smallest absolute Gasteiger partial charge is 0.261 e. The van der Waals surface area contributed by atoms with Gasteiger partial charge in [0.05, 0.1) is 16.7 Å². The van der Waals surface area contributed by atoms with Crippen LogP contribution in [0.25, 0.3) is 10.9 Å². The standard InChI is InChI=1S/C15H14N4O2S2/c1-9-7-22-15(17-9)23-8-13-18-11-5-3-2-4-10(11)14(21)19(13)6-12(16)20/h2-5,7H,6,8H2,1H3,(H2,16,20). The summed E-state index contributed by atoms with van der Waals surface area (Å²) in [6, 6.07) is 7.08. The van der Waals surface area contributed by atoms with E-state index >= 15 is 0 Å². The van der Waals surface area contributed by atoms with Crippen LogP contribution in [0, 0.1) is 6.92 Å². The number of thioether (sulfide) groups is 1. The summed E-state index contributed by atoms with van der Waals surface area (Å²) in [6.45, 7) is 1.75. The molecule has 2 N–H and O–H groups in total. The minimum Gasteiger partial charge on any atom is -0.368 e. The summed E-state index contributed by atoms with van der Waals surface area (Å²) in [4.78, 5) is 32.8. The lowest BCUT2D eigenvalue weighted by atomic mass is 10.2. The summed E-state index contributed by atoms with van der Waals surface area (Å²) in [5.74, 6) is 0.395. The maximum Gasteiger partial charge on any atom is 0.261 e. The van der Waals surface area contributed by atoms with E-state index in [1.807, 2.05) is 18.4 Å². The first kappa shape index (κ1) is 15.7. The molecule has 0 aliphatic carbocycles. The first-order chi connectivity index (χ1) is 11.0. The zero-order valence-electron chi connectivity index (χ0n) is 12.4. The Kier molecular flexibility index (Phi) is 4.44. The van der Waals surface area contributed by atoms with Gasteiger partial charge >= 0.3 is 0 Å². The molecule has 0 spiro atoms. The van der Waals surface area contributed by atoms with Crippen LogP contribution in [-0.2, 0) is 17.1 Å². The third kappa shape index (κ3) is 3.43. The molecule has 1 amide bonds. The molecular formula is C15H14N4O2S2. The number of primary amides is 1. The van der Waals surface area contributed by atoms with Crippen molar-refractivity contribution in [2.45, 2.75) is 23.6 Å².